The molecule has 9 heteroatoms. The van der Waals surface area contributed by atoms with Gasteiger partial charge in [0.25, 0.3) is 0 Å². The van der Waals surface area contributed by atoms with E-state index >= 15 is 0 Å². The third-order valence-electron chi connectivity index (χ3n) is 7.51. The van der Waals surface area contributed by atoms with E-state index in [2.05, 4.69) is 38.2 Å². The Bertz CT molecular complexity index is 798. The van der Waals surface area contributed by atoms with Gasteiger partial charge < -0.3 is 14.4 Å². The number of hydrogen-bond acceptors (Lipinski definition) is 7. The average molecular weight is 659 g/mol. The molecule has 0 fully saturated rings. The molecule has 45 heavy (non-hydrogen) atoms. The first kappa shape index (κ1) is 43.5. The highest BCUT2D eigenvalue weighted by molar-refractivity contribution is 7.47. The van der Waals surface area contributed by atoms with Crippen molar-refractivity contribution in [3.8, 4) is 0 Å². The molecule has 0 aliphatic carbocycles. The summed E-state index contributed by atoms with van der Waals surface area (Å²) < 4.78 is 32.4. The molecule has 0 aliphatic rings. The van der Waals surface area contributed by atoms with E-state index in [0.29, 0.717) is 12.8 Å². The topological polar surface area (TPSA) is 108 Å². The normalized spacial score (nSPS) is 13.8. The van der Waals surface area contributed by atoms with Crippen LogP contribution in [0, 0.1) is 0 Å². The van der Waals surface area contributed by atoms with Crippen molar-refractivity contribution in [2.75, 3.05) is 19.8 Å². The first-order valence-electron chi connectivity index (χ1n) is 18.1. The second-order valence-electron chi connectivity index (χ2n) is 11.9. The quantitative estimate of drug-likeness (QED) is 0.0321. The Kier molecular flexibility index (Phi) is 31.4. The highest BCUT2D eigenvalue weighted by Crippen LogP contribution is 2.43. The molecule has 2 atom stereocenters. The van der Waals surface area contributed by atoms with E-state index in [1.54, 1.807) is 6.92 Å². The fraction of sp³-hybridized carbons (Fsp3) is 0.833. The predicted molar refractivity (Wildman–Crippen MR) is 184 cm³/mol. The average Bonchev–Trinajstić information content (AvgIpc) is 3.01. The Hall–Kier alpha value is -1.47. The second-order valence-corrected chi connectivity index (χ2v) is 13.3. The summed E-state index contributed by atoms with van der Waals surface area (Å²) in [6, 6.07) is 0. The van der Waals surface area contributed by atoms with E-state index < -0.39 is 26.5 Å². The summed E-state index contributed by atoms with van der Waals surface area (Å²) in [4.78, 5) is 34.5. The Morgan fingerprint density at radius 3 is 1.64 bits per heavy atom. The van der Waals surface area contributed by atoms with E-state index in [-0.39, 0.29) is 25.6 Å². The maximum atomic E-state index is 12.5. The van der Waals surface area contributed by atoms with Crippen molar-refractivity contribution in [2.45, 2.75) is 175 Å². The van der Waals surface area contributed by atoms with Crippen molar-refractivity contribution in [3.63, 3.8) is 0 Å². The minimum absolute atomic E-state index is 0.00106. The molecule has 8 nitrogen and oxygen atoms in total. The number of unbranched alkanes of at least 4 members (excludes halogenated alkanes) is 17. The fourth-order valence-corrected chi connectivity index (χ4v) is 5.58. The molecule has 0 radical (unpaired) electrons. The number of carbonyl (C=O) groups excluding carboxylic acids is 2. The molecule has 0 bridgehead atoms. The third kappa shape index (κ3) is 32.3. The zero-order valence-corrected chi connectivity index (χ0v) is 29.9. The van der Waals surface area contributed by atoms with Gasteiger partial charge in [-0.05, 0) is 45.4 Å². The van der Waals surface area contributed by atoms with Gasteiger partial charge in [0, 0.05) is 12.8 Å². The van der Waals surface area contributed by atoms with Crippen LogP contribution in [0.3, 0.4) is 0 Å². The van der Waals surface area contributed by atoms with E-state index in [4.69, 9.17) is 18.5 Å². The molecule has 0 aliphatic heterocycles. The van der Waals surface area contributed by atoms with Gasteiger partial charge in [0.1, 0.15) is 6.61 Å². The SMILES string of the molecule is CCCC/C=C\C/C=C\CCCCCCCC(=O)OC(COC(=O)CCCCCCCCCCCCC)COP(=O)(O)OCC. The van der Waals surface area contributed by atoms with Crippen molar-refractivity contribution in [2.24, 2.45) is 0 Å². The number of phosphoric ester groups is 1. The summed E-state index contributed by atoms with van der Waals surface area (Å²) in [6.45, 7) is 5.39. The standard InChI is InChI=1S/C36H67O8P/c1-4-7-9-11-13-15-17-18-19-21-23-25-27-29-31-36(38)44-34(33-43-45(39,40)42-6-3)32-41-35(37)30-28-26-24-22-20-16-14-12-10-8-5-2/h11,13,17-18,34H,4-10,12,14-16,19-33H2,1-3H3,(H,39,40)/b13-11-,18-17-. The fourth-order valence-electron chi connectivity index (χ4n) is 4.82. The van der Waals surface area contributed by atoms with Gasteiger partial charge in [-0.1, -0.05) is 134 Å². The molecule has 264 valence electrons. The van der Waals surface area contributed by atoms with E-state index in [9.17, 15) is 19.0 Å². The van der Waals surface area contributed by atoms with Crippen molar-refractivity contribution >= 4 is 19.8 Å². The summed E-state index contributed by atoms with van der Waals surface area (Å²) >= 11 is 0. The van der Waals surface area contributed by atoms with Gasteiger partial charge in [-0.15, -0.1) is 0 Å². The monoisotopic (exact) mass is 658 g/mol. The molecule has 0 aromatic rings. The molecule has 0 saturated carbocycles. The lowest BCUT2D eigenvalue weighted by molar-refractivity contribution is -0.161. The lowest BCUT2D eigenvalue weighted by Gasteiger charge is -2.19. The van der Waals surface area contributed by atoms with Gasteiger partial charge in [0.05, 0.1) is 13.2 Å². The van der Waals surface area contributed by atoms with Crippen LogP contribution in [0.5, 0.6) is 0 Å². The van der Waals surface area contributed by atoms with Crippen LogP contribution in [0.15, 0.2) is 24.3 Å². The Morgan fingerprint density at radius 2 is 1.09 bits per heavy atom. The first-order chi connectivity index (χ1) is 21.8. The Labute approximate surface area is 275 Å². The van der Waals surface area contributed by atoms with Crippen LogP contribution >= 0.6 is 7.82 Å². The number of esters is 2. The summed E-state index contributed by atoms with van der Waals surface area (Å²) in [5.41, 5.74) is 0. The molecule has 0 rings (SSSR count). The predicted octanol–water partition coefficient (Wildman–Crippen LogP) is 10.7. The molecule has 0 aromatic heterocycles. The third-order valence-corrected chi connectivity index (χ3v) is 8.57. The Balaban J connectivity index is 4.20. The van der Waals surface area contributed by atoms with Crippen LogP contribution < -0.4 is 0 Å². The van der Waals surface area contributed by atoms with Crippen molar-refractivity contribution in [1.29, 1.82) is 0 Å². The Morgan fingerprint density at radius 1 is 0.600 bits per heavy atom. The number of phosphoric acid groups is 1. The van der Waals surface area contributed by atoms with Crippen LogP contribution in [-0.4, -0.2) is 42.8 Å². The van der Waals surface area contributed by atoms with Crippen molar-refractivity contribution in [3.05, 3.63) is 24.3 Å². The van der Waals surface area contributed by atoms with Crippen LogP contribution in [-0.2, 0) is 32.7 Å². The van der Waals surface area contributed by atoms with Gasteiger partial charge in [-0.25, -0.2) is 4.57 Å². The van der Waals surface area contributed by atoms with Crippen LogP contribution in [0.4, 0.5) is 0 Å². The minimum atomic E-state index is -4.27. The van der Waals surface area contributed by atoms with Crippen LogP contribution in [0.2, 0.25) is 0 Å². The van der Waals surface area contributed by atoms with Gasteiger partial charge in [0.2, 0.25) is 0 Å². The van der Waals surface area contributed by atoms with E-state index in [1.807, 2.05) is 0 Å². The number of ether oxygens (including phenoxy) is 2. The molecule has 1 N–H and O–H groups in total. The smallest absolute Gasteiger partial charge is 0.462 e. The molecular weight excluding hydrogens is 591 g/mol. The van der Waals surface area contributed by atoms with E-state index in [0.717, 1.165) is 64.2 Å². The summed E-state index contributed by atoms with van der Waals surface area (Å²) in [5.74, 6) is -0.814. The highest BCUT2D eigenvalue weighted by Gasteiger charge is 2.25. The van der Waals surface area contributed by atoms with Crippen LogP contribution in [0.1, 0.15) is 168 Å². The maximum Gasteiger partial charge on any atom is 0.472 e. The molecule has 0 amide bonds. The molecule has 0 aromatic carbocycles. The molecule has 0 heterocycles. The first-order valence-corrected chi connectivity index (χ1v) is 19.6. The molecule has 0 spiro atoms. The summed E-state index contributed by atoms with van der Waals surface area (Å²) in [5, 5.41) is 0. The zero-order valence-electron chi connectivity index (χ0n) is 29.0. The van der Waals surface area contributed by atoms with Crippen molar-refractivity contribution < 1.29 is 37.6 Å². The largest absolute Gasteiger partial charge is 0.472 e. The maximum absolute atomic E-state index is 12.5. The van der Waals surface area contributed by atoms with Gasteiger partial charge in [0.15, 0.2) is 6.10 Å². The molecular formula is C36H67O8P. The molecule has 0 saturated heterocycles. The lowest BCUT2D eigenvalue weighted by Crippen LogP contribution is -2.29. The summed E-state index contributed by atoms with van der Waals surface area (Å²) in [7, 11) is -4.27. The number of carbonyl (C=O) groups is 2. The van der Waals surface area contributed by atoms with Gasteiger partial charge in [-0.3, -0.25) is 18.6 Å². The number of allylic oxidation sites excluding steroid dienone is 4. The second kappa shape index (κ2) is 32.5. The van der Waals surface area contributed by atoms with Gasteiger partial charge in [-0.2, -0.15) is 0 Å². The van der Waals surface area contributed by atoms with E-state index in [1.165, 1.54) is 64.2 Å². The number of hydrogen-bond donors (Lipinski definition) is 1. The number of rotatable bonds is 33. The van der Waals surface area contributed by atoms with Gasteiger partial charge >= 0.3 is 19.8 Å². The lowest BCUT2D eigenvalue weighted by atomic mass is 10.1. The molecule has 2 unspecified atom stereocenters. The highest BCUT2D eigenvalue weighted by atomic mass is 31.2. The zero-order chi connectivity index (χ0) is 33.3. The van der Waals surface area contributed by atoms with Crippen LogP contribution in [0.25, 0.3) is 0 Å². The summed E-state index contributed by atoms with van der Waals surface area (Å²) in [6.07, 6.45) is 32.3. The minimum Gasteiger partial charge on any atom is -0.462 e. The van der Waals surface area contributed by atoms with Crippen molar-refractivity contribution in [1.82, 2.24) is 0 Å².